The van der Waals surface area contributed by atoms with Gasteiger partial charge in [0.25, 0.3) is 0 Å². The molecule has 0 saturated heterocycles. The van der Waals surface area contributed by atoms with Gasteiger partial charge < -0.3 is 4.74 Å². The highest BCUT2D eigenvalue weighted by Gasteiger charge is 2.19. The molecule has 8 heteroatoms. The van der Waals surface area contributed by atoms with Gasteiger partial charge in [-0.1, -0.05) is 18.2 Å². The van der Waals surface area contributed by atoms with Crippen LogP contribution >= 0.6 is 43.2 Å². The van der Waals surface area contributed by atoms with Crippen LogP contribution in [-0.2, 0) is 16.6 Å². The molecule has 21 heavy (non-hydrogen) atoms. The summed E-state index contributed by atoms with van der Waals surface area (Å²) in [5.74, 6) is 0.691. The highest BCUT2D eigenvalue weighted by Crippen LogP contribution is 2.34. The van der Waals surface area contributed by atoms with Crippen LogP contribution < -0.4 is 9.46 Å². The summed E-state index contributed by atoms with van der Waals surface area (Å²) >= 11 is 7.74. The standard InChI is InChI=1S/C13H13Br2NO3S2/c1-2-19-11-6-4-3-5-9(11)8-16-21(17,18)12-7-10(14)13(15)20-12/h3-7,16H,2,8H2,1H3. The molecular weight excluding hydrogens is 442 g/mol. The topological polar surface area (TPSA) is 55.4 Å². The average Bonchev–Trinajstić information content (AvgIpc) is 2.79. The lowest BCUT2D eigenvalue weighted by molar-refractivity contribution is 0.336. The summed E-state index contributed by atoms with van der Waals surface area (Å²) in [6, 6.07) is 8.95. The van der Waals surface area contributed by atoms with E-state index in [4.69, 9.17) is 4.74 Å². The maximum Gasteiger partial charge on any atom is 0.250 e. The van der Waals surface area contributed by atoms with Crippen molar-refractivity contribution in [3.05, 3.63) is 44.2 Å². The molecule has 1 aromatic heterocycles. The Hall–Kier alpha value is -0.410. The van der Waals surface area contributed by atoms with Crippen molar-refractivity contribution in [1.29, 1.82) is 0 Å². The fraction of sp³-hybridized carbons (Fsp3) is 0.231. The second kappa shape index (κ2) is 7.23. The number of ether oxygens (including phenoxy) is 1. The van der Waals surface area contributed by atoms with Crippen molar-refractivity contribution in [2.75, 3.05) is 6.61 Å². The van der Waals surface area contributed by atoms with Crippen molar-refractivity contribution < 1.29 is 13.2 Å². The van der Waals surface area contributed by atoms with E-state index in [0.29, 0.717) is 12.4 Å². The molecule has 4 nitrogen and oxygen atoms in total. The van der Waals surface area contributed by atoms with Gasteiger partial charge in [-0.25, -0.2) is 13.1 Å². The molecule has 0 atom stereocenters. The first-order valence-corrected chi connectivity index (χ1v) is 9.98. The van der Waals surface area contributed by atoms with Crippen LogP contribution in [0.25, 0.3) is 0 Å². The average molecular weight is 455 g/mol. The minimum Gasteiger partial charge on any atom is -0.494 e. The van der Waals surface area contributed by atoms with Crippen LogP contribution in [0, 0.1) is 0 Å². The van der Waals surface area contributed by atoms with Gasteiger partial charge in [0.15, 0.2) is 0 Å². The molecule has 114 valence electrons. The molecular formula is C13H13Br2NO3S2. The van der Waals surface area contributed by atoms with Crippen molar-refractivity contribution >= 4 is 53.2 Å². The van der Waals surface area contributed by atoms with Crippen molar-refractivity contribution in [3.63, 3.8) is 0 Å². The summed E-state index contributed by atoms with van der Waals surface area (Å²) < 4.78 is 34.3. The molecule has 0 aliphatic carbocycles. The Labute approximate surface area is 144 Å². The van der Waals surface area contributed by atoms with Crippen LogP contribution in [0.4, 0.5) is 0 Å². The number of nitrogens with one attached hydrogen (secondary N) is 1. The maximum absolute atomic E-state index is 12.3. The van der Waals surface area contributed by atoms with Gasteiger partial charge in [0.2, 0.25) is 10.0 Å². The van der Waals surface area contributed by atoms with E-state index in [1.807, 2.05) is 31.2 Å². The molecule has 0 radical (unpaired) electrons. The predicted octanol–water partition coefficient (Wildman–Crippen LogP) is 4.15. The van der Waals surface area contributed by atoms with Crippen LogP contribution in [-0.4, -0.2) is 15.0 Å². The lowest BCUT2D eigenvalue weighted by Gasteiger charge is -2.10. The molecule has 1 aromatic carbocycles. The van der Waals surface area contributed by atoms with Crippen molar-refractivity contribution in [2.45, 2.75) is 17.7 Å². The summed E-state index contributed by atoms with van der Waals surface area (Å²) in [5, 5.41) is 0. The molecule has 0 saturated carbocycles. The van der Waals surface area contributed by atoms with E-state index in [1.165, 1.54) is 0 Å². The number of hydrogen-bond donors (Lipinski definition) is 1. The molecule has 0 unspecified atom stereocenters. The van der Waals surface area contributed by atoms with Crippen LogP contribution in [0.1, 0.15) is 12.5 Å². The highest BCUT2D eigenvalue weighted by atomic mass is 79.9. The molecule has 0 bridgehead atoms. The smallest absolute Gasteiger partial charge is 0.250 e. The third-order valence-corrected chi connectivity index (χ3v) is 7.74. The summed E-state index contributed by atoms with van der Waals surface area (Å²) in [4.78, 5) is 0. The van der Waals surface area contributed by atoms with Gasteiger partial charge in [-0.2, -0.15) is 0 Å². The summed E-state index contributed by atoms with van der Waals surface area (Å²) in [5.41, 5.74) is 0.803. The molecule has 0 aliphatic heterocycles. The van der Waals surface area contributed by atoms with Gasteiger partial charge in [-0.15, -0.1) is 11.3 Å². The molecule has 2 aromatic rings. The van der Waals surface area contributed by atoms with Crippen LogP contribution in [0.3, 0.4) is 0 Å². The number of rotatable bonds is 6. The number of halogens is 2. The van der Waals surface area contributed by atoms with E-state index in [0.717, 1.165) is 25.2 Å². The SMILES string of the molecule is CCOc1ccccc1CNS(=O)(=O)c1cc(Br)c(Br)s1. The van der Waals surface area contributed by atoms with E-state index in [9.17, 15) is 8.42 Å². The van der Waals surface area contributed by atoms with Crippen LogP contribution in [0.2, 0.25) is 0 Å². The van der Waals surface area contributed by atoms with Gasteiger partial charge in [-0.05, 0) is 50.9 Å². The summed E-state index contributed by atoms with van der Waals surface area (Å²) in [6.45, 7) is 2.61. The maximum atomic E-state index is 12.3. The Kier molecular flexibility index (Phi) is 5.84. The van der Waals surface area contributed by atoms with Crippen LogP contribution in [0.15, 0.2) is 42.8 Å². The molecule has 0 spiro atoms. The lowest BCUT2D eigenvalue weighted by Crippen LogP contribution is -2.22. The van der Waals surface area contributed by atoms with E-state index in [2.05, 4.69) is 36.6 Å². The zero-order valence-electron chi connectivity index (χ0n) is 11.1. The van der Waals surface area contributed by atoms with Crippen molar-refractivity contribution in [2.24, 2.45) is 0 Å². The Morgan fingerprint density at radius 1 is 1.29 bits per heavy atom. The molecule has 1 heterocycles. The van der Waals surface area contributed by atoms with E-state index >= 15 is 0 Å². The zero-order valence-corrected chi connectivity index (χ0v) is 15.9. The van der Waals surface area contributed by atoms with E-state index in [-0.39, 0.29) is 10.8 Å². The quantitative estimate of drug-likeness (QED) is 0.713. The summed E-state index contributed by atoms with van der Waals surface area (Å²) in [7, 11) is -3.54. The number of thiophene rings is 1. The number of para-hydroxylation sites is 1. The molecule has 2 rings (SSSR count). The second-order valence-electron chi connectivity index (χ2n) is 4.05. The van der Waals surface area contributed by atoms with Gasteiger partial charge in [0, 0.05) is 16.6 Å². The highest BCUT2D eigenvalue weighted by molar-refractivity contribution is 9.13. The number of benzene rings is 1. The van der Waals surface area contributed by atoms with Crippen molar-refractivity contribution in [3.8, 4) is 5.75 Å². The van der Waals surface area contributed by atoms with Gasteiger partial charge in [0.05, 0.1) is 10.4 Å². The normalized spacial score (nSPS) is 11.6. The van der Waals surface area contributed by atoms with E-state index < -0.39 is 10.0 Å². The Morgan fingerprint density at radius 3 is 2.62 bits per heavy atom. The molecule has 1 N–H and O–H groups in total. The first-order chi connectivity index (χ1) is 9.94. The van der Waals surface area contributed by atoms with Gasteiger partial charge >= 0.3 is 0 Å². The Balaban J connectivity index is 2.15. The predicted molar refractivity (Wildman–Crippen MR) is 91.4 cm³/mol. The van der Waals surface area contributed by atoms with Crippen LogP contribution in [0.5, 0.6) is 5.75 Å². The van der Waals surface area contributed by atoms with E-state index in [1.54, 1.807) is 6.07 Å². The number of sulfonamides is 1. The fourth-order valence-electron chi connectivity index (χ4n) is 1.65. The Bertz CT molecular complexity index is 709. The minimum atomic E-state index is -3.54. The Morgan fingerprint density at radius 2 is 2.00 bits per heavy atom. The largest absolute Gasteiger partial charge is 0.494 e. The number of hydrogen-bond acceptors (Lipinski definition) is 4. The molecule has 0 amide bonds. The molecule has 0 fully saturated rings. The van der Waals surface area contributed by atoms with Gasteiger partial charge in [-0.3, -0.25) is 0 Å². The van der Waals surface area contributed by atoms with Crippen molar-refractivity contribution in [1.82, 2.24) is 4.72 Å². The third kappa shape index (κ3) is 4.29. The lowest BCUT2D eigenvalue weighted by atomic mass is 10.2. The first kappa shape index (κ1) is 17.0. The summed E-state index contributed by atoms with van der Waals surface area (Å²) in [6.07, 6.45) is 0. The monoisotopic (exact) mass is 453 g/mol. The molecule has 0 aliphatic rings. The fourth-order valence-corrected chi connectivity index (χ4v) is 5.52. The second-order valence-corrected chi connectivity index (χ2v) is 9.27. The zero-order chi connectivity index (χ0) is 15.5. The van der Waals surface area contributed by atoms with Gasteiger partial charge in [0.1, 0.15) is 9.96 Å². The minimum absolute atomic E-state index is 0.186. The third-order valence-electron chi connectivity index (χ3n) is 2.61. The first-order valence-electron chi connectivity index (χ1n) is 6.09.